The molecular formula is C21H23ClIN3O. The fourth-order valence-corrected chi connectivity index (χ4v) is 3.90. The van der Waals surface area contributed by atoms with Crippen LogP contribution in [0, 0.1) is 10.5 Å². The van der Waals surface area contributed by atoms with E-state index >= 15 is 0 Å². The molecular weight excluding hydrogens is 473 g/mol. The number of hydrogen-bond donors (Lipinski definition) is 0. The maximum atomic E-state index is 13.1. The molecule has 0 saturated carbocycles. The Hall–Kier alpha value is -1.60. The summed E-state index contributed by atoms with van der Waals surface area (Å²) in [6.07, 6.45) is 0.896. The molecule has 1 amide bonds. The Morgan fingerprint density at radius 1 is 1.22 bits per heavy atom. The summed E-state index contributed by atoms with van der Waals surface area (Å²) >= 11 is 8.44. The summed E-state index contributed by atoms with van der Waals surface area (Å²) < 4.78 is 3.24. The predicted molar refractivity (Wildman–Crippen MR) is 119 cm³/mol. The Morgan fingerprint density at radius 3 is 2.67 bits per heavy atom. The van der Waals surface area contributed by atoms with Gasteiger partial charge in [-0.1, -0.05) is 24.6 Å². The molecule has 3 aromatic rings. The van der Waals surface area contributed by atoms with Crippen molar-refractivity contribution in [1.82, 2.24) is 14.5 Å². The lowest BCUT2D eigenvalue weighted by molar-refractivity contribution is 0.0737. The van der Waals surface area contributed by atoms with Crippen molar-refractivity contribution in [2.45, 2.75) is 40.3 Å². The minimum Gasteiger partial charge on any atom is -0.331 e. The Bertz CT molecular complexity index is 983. The summed E-state index contributed by atoms with van der Waals surface area (Å²) in [6.45, 7) is 8.17. The van der Waals surface area contributed by atoms with Crippen LogP contribution in [-0.2, 0) is 13.1 Å². The summed E-state index contributed by atoms with van der Waals surface area (Å²) in [7, 11) is 0. The molecule has 142 valence electrons. The van der Waals surface area contributed by atoms with Gasteiger partial charge in [-0.2, -0.15) is 0 Å². The smallest absolute Gasteiger partial charge is 0.254 e. The molecule has 1 heterocycles. The molecule has 0 unspecified atom stereocenters. The monoisotopic (exact) mass is 495 g/mol. The molecule has 6 heteroatoms. The highest BCUT2D eigenvalue weighted by Gasteiger charge is 2.20. The van der Waals surface area contributed by atoms with Crippen molar-refractivity contribution in [2.24, 2.45) is 0 Å². The molecule has 0 aliphatic rings. The number of imidazole rings is 1. The van der Waals surface area contributed by atoms with Gasteiger partial charge in [0.25, 0.3) is 5.91 Å². The van der Waals surface area contributed by atoms with Crippen LogP contribution in [0.25, 0.3) is 11.0 Å². The van der Waals surface area contributed by atoms with Gasteiger partial charge in [-0.25, -0.2) is 4.98 Å². The minimum atomic E-state index is 0.0440. The molecule has 0 aliphatic carbocycles. The highest BCUT2D eigenvalue weighted by atomic mass is 127. The zero-order chi connectivity index (χ0) is 19.6. The first-order chi connectivity index (χ1) is 12.9. The number of benzene rings is 2. The van der Waals surface area contributed by atoms with Crippen LogP contribution in [-0.4, -0.2) is 26.9 Å². The number of hydrogen-bond acceptors (Lipinski definition) is 2. The first kappa shape index (κ1) is 20.1. The standard InChI is InChI=1S/C21H23ClIN3O/c1-4-10-25(21(27)15-7-6-14(3)17(23)11-15)13-20-24-18-9-8-16(22)12-19(18)26(20)5-2/h6-9,11-12H,4-5,10,13H2,1-3H3. The van der Waals surface area contributed by atoms with E-state index < -0.39 is 0 Å². The summed E-state index contributed by atoms with van der Waals surface area (Å²) in [5.74, 6) is 0.931. The van der Waals surface area contributed by atoms with Gasteiger partial charge in [-0.15, -0.1) is 0 Å². The molecule has 0 N–H and O–H groups in total. The quantitative estimate of drug-likeness (QED) is 0.413. The summed E-state index contributed by atoms with van der Waals surface area (Å²) in [4.78, 5) is 19.8. The van der Waals surface area contributed by atoms with E-state index in [4.69, 9.17) is 16.6 Å². The Morgan fingerprint density at radius 2 is 2.00 bits per heavy atom. The molecule has 27 heavy (non-hydrogen) atoms. The number of carbonyl (C=O) groups is 1. The Kier molecular flexibility index (Phi) is 6.42. The van der Waals surface area contributed by atoms with Gasteiger partial charge in [0.15, 0.2) is 0 Å². The molecule has 0 fully saturated rings. The molecule has 0 radical (unpaired) electrons. The molecule has 0 atom stereocenters. The van der Waals surface area contributed by atoms with Crippen molar-refractivity contribution >= 4 is 51.1 Å². The number of halogens is 2. The van der Waals surface area contributed by atoms with Gasteiger partial charge in [0.1, 0.15) is 5.82 Å². The maximum Gasteiger partial charge on any atom is 0.254 e. The first-order valence-corrected chi connectivity index (χ1v) is 10.6. The summed E-state index contributed by atoms with van der Waals surface area (Å²) in [6, 6.07) is 11.6. The number of aromatic nitrogens is 2. The lowest BCUT2D eigenvalue weighted by Crippen LogP contribution is -2.32. The van der Waals surface area contributed by atoms with E-state index in [0.29, 0.717) is 18.1 Å². The SMILES string of the molecule is CCCN(Cc1nc2ccc(Cl)cc2n1CC)C(=O)c1ccc(C)c(I)c1. The average molecular weight is 496 g/mol. The average Bonchev–Trinajstić information content (AvgIpc) is 2.99. The molecule has 3 rings (SSSR count). The van der Waals surface area contributed by atoms with Gasteiger partial charge in [0.05, 0.1) is 17.6 Å². The highest BCUT2D eigenvalue weighted by molar-refractivity contribution is 14.1. The zero-order valence-electron chi connectivity index (χ0n) is 15.8. The third kappa shape index (κ3) is 4.29. The second kappa shape index (κ2) is 8.61. The minimum absolute atomic E-state index is 0.0440. The van der Waals surface area contributed by atoms with E-state index in [1.165, 1.54) is 5.56 Å². The lowest BCUT2D eigenvalue weighted by Gasteiger charge is -2.22. The van der Waals surface area contributed by atoms with Crippen molar-refractivity contribution in [3.05, 3.63) is 61.9 Å². The van der Waals surface area contributed by atoms with E-state index in [0.717, 1.165) is 39.0 Å². The van der Waals surface area contributed by atoms with Crippen molar-refractivity contribution in [3.8, 4) is 0 Å². The third-order valence-corrected chi connectivity index (χ3v) is 6.03. The summed E-state index contributed by atoms with van der Waals surface area (Å²) in [5, 5.41) is 0.694. The number of fused-ring (bicyclic) bond motifs is 1. The van der Waals surface area contributed by atoms with Crippen LogP contribution < -0.4 is 0 Å². The predicted octanol–water partition coefficient (Wildman–Crippen LogP) is 5.68. The van der Waals surface area contributed by atoms with Gasteiger partial charge in [0.2, 0.25) is 0 Å². The number of amides is 1. The van der Waals surface area contributed by atoms with Gasteiger partial charge in [0, 0.05) is 27.2 Å². The second-order valence-electron chi connectivity index (χ2n) is 6.60. The molecule has 0 saturated heterocycles. The fourth-order valence-electron chi connectivity index (χ4n) is 3.22. The van der Waals surface area contributed by atoms with Crippen LogP contribution in [0.5, 0.6) is 0 Å². The second-order valence-corrected chi connectivity index (χ2v) is 8.19. The number of rotatable bonds is 6. The van der Waals surface area contributed by atoms with Crippen LogP contribution in [0.3, 0.4) is 0 Å². The Balaban J connectivity index is 1.95. The molecule has 0 bridgehead atoms. The van der Waals surface area contributed by atoms with Gasteiger partial charge in [-0.05, 0) is 78.8 Å². The Labute approximate surface area is 178 Å². The van der Waals surface area contributed by atoms with Crippen molar-refractivity contribution in [3.63, 3.8) is 0 Å². The lowest BCUT2D eigenvalue weighted by atomic mass is 10.1. The van der Waals surface area contributed by atoms with Gasteiger partial charge >= 0.3 is 0 Å². The van der Waals surface area contributed by atoms with Crippen molar-refractivity contribution < 1.29 is 4.79 Å². The van der Waals surface area contributed by atoms with Crippen LogP contribution in [0.15, 0.2) is 36.4 Å². The van der Waals surface area contributed by atoms with Crippen LogP contribution >= 0.6 is 34.2 Å². The molecule has 4 nitrogen and oxygen atoms in total. The summed E-state index contributed by atoms with van der Waals surface area (Å²) in [5.41, 5.74) is 3.82. The van der Waals surface area contributed by atoms with E-state index in [1.54, 1.807) is 0 Å². The van der Waals surface area contributed by atoms with Gasteiger partial charge in [-0.3, -0.25) is 4.79 Å². The highest BCUT2D eigenvalue weighted by Crippen LogP contribution is 2.22. The number of nitrogens with zero attached hydrogens (tertiary/aromatic N) is 3. The number of aryl methyl sites for hydroxylation is 2. The molecule has 0 aliphatic heterocycles. The van der Waals surface area contributed by atoms with E-state index in [-0.39, 0.29) is 5.91 Å². The van der Waals surface area contributed by atoms with E-state index in [1.807, 2.05) is 41.3 Å². The van der Waals surface area contributed by atoms with Crippen molar-refractivity contribution in [2.75, 3.05) is 6.54 Å². The third-order valence-electron chi connectivity index (χ3n) is 4.64. The first-order valence-electron chi connectivity index (χ1n) is 9.14. The van der Waals surface area contributed by atoms with Crippen LogP contribution in [0.2, 0.25) is 5.02 Å². The molecule has 1 aromatic heterocycles. The van der Waals surface area contributed by atoms with Crippen molar-refractivity contribution in [1.29, 1.82) is 0 Å². The van der Waals surface area contributed by atoms with E-state index in [9.17, 15) is 4.79 Å². The van der Waals surface area contributed by atoms with E-state index in [2.05, 4.69) is 47.9 Å². The molecule has 0 spiro atoms. The van der Waals surface area contributed by atoms with Crippen LogP contribution in [0.1, 0.15) is 42.0 Å². The van der Waals surface area contributed by atoms with Gasteiger partial charge < -0.3 is 9.47 Å². The largest absolute Gasteiger partial charge is 0.331 e. The molecule has 2 aromatic carbocycles. The topological polar surface area (TPSA) is 38.1 Å². The normalized spacial score (nSPS) is 11.1. The maximum absolute atomic E-state index is 13.1. The number of carbonyl (C=O) groups excluding carboxylic acids is 1. The van der Waals surface area contributed by atoms with Crippen LogP contribution in [0.4, 0.5) is 0 Å². The zero-order valence-corrected chi connectivity index (χ0v) is 18.7. The fraction of sp³-hybridized carbons (Fsp3) is 0.333.